The van der Waals surface area contributed by atoms with Crippen molar-refractivity contribution < 1.29 is 22.7 Å². The number of hydrogen-bond acceptors (Lipinski definition) is 6. The maximum Gasteiger partial charge on any atom is 0.320 e. The molecule has 0 saturated heterocycles. The maximum absolute atomic E-state index is 12.6. The van der Waals surface area contributed by atoms with E-state index in [-0.39, 0.29) is 4.90 Å². The minimum atomic E-state index is -3.90. The summed E-state index contributed by atoms with van der Waals surface area (Å²) in [4.78, 5) is 11.3. The van der Waals surface area contributed by atoms with E-state index in [4.69, 9.17) is 10.5 Å². The number of nitrogens with two attached hydrogens (primary N) is 1. The second-order valence-corrected chi connectivity index (χ2v) is 6.99. The highest BCUT2D eigenvalue weighted by Gasteiger charge is 2.21. The number of carbonyl (C=O) groups is 1. The molecule has 0 amide bonds. The van der Waals surface area contributed by atoms with Crippen molar-refractivity contribution in [2.75, 3.05) is 26.5 Å². The molecule has 3 N–H and O–H groups in total. The van der Waals surface area contributed by atoms with Crippen LogP contribution in [0.1, 0.15) is 11.1 Å². The normalized spacial score (nSPS) is 11.1. The molecule has 0 aliphatic heterocycles. The van der Waals surface area contributed by atoms with Crippen LogP contribution in [0.2, 0.25) is 0 Å². The Morgan fingerprint density at radius 1 is 1.12 bits per heavy atom. The topological polar surface area (TPSA) is 108 Å². The van der Waals surface area contributed by atoms with Gasteiger partial charge in [-0.2, -0.15) is 4.72 Å². The Bertz CT molecular complexity index is 865. The summed E-state index contributed by atoms with van der Waals surface area (Å²) in [7, 11) is -1.21. The van der Waals surface area contributed by atoms with Crippen molar-refractivity contribution in [1.82, 2.24) is 4.72 Å². The maximum atomic E-state index is 12.6. The zero-order chi connectivity index (χ0) is 18.4. The molecule has 0 heterocycles. The average Bonchev–Trinajstić information content (AvgIpc) is 2.61. The molecule has 0 aromatic heterocycles. The Labute approximate surface area is 146 Å². The molecule has 0 unspecified atom stereocenters. The fourth-order valence-electron chi connectivity index (χ4n) is 2.29. The van der Waals surface area contributed by atoms with Crippen LogP contribution in [0, 0.1) is 0 Å². The smallest absolute Gasteiger partial charge is 0.320 e. The van der Waals surface area contributed by atoms with Crippen molar-refractivity contribution in [3.8, 4) is 5.75 Å². The minimum absolute atomic E-state index is 0.0560. The number of nitrogen functional groups attached to an aromatic ring is 1. The lowest BCUT2D eigenvalue weighted by Crippen LogP contribution is -2.30. The first-order valence-electron chi connectivity index (χ1n) is 7.44. The number of benzene rings is 2. The lowest BCUT2D eigenvalue weighted by molar-refractivity contribution is -0.139. The number of carbonyl (C=O) groups excluding carboxylic acids is 1. The number of sulfonamides is 1. The van der Waals surface area contributed by atoms with Crippen LogP contribution in [0.15, 0.2) is 47.4 Å². The largest absolute Gasteiger partial charge is 0.497 e. The first-order chi connectivity index (χ1) is 11.9. The van der Waals surface area contributed by atoms with E-state index in [1.54, 1.807) is 24.3 Å². The second-order valence-electron chi connectivity index (χ2n) is 5.25. The monoisotopic (exact) mass is 364 g/mol. The van der Waals surface area contributed by atoms with Crippen LogP contribution in [-0.2, 0) is 26.0 Å². The highest BCUT2D eigenvalue weighted by Crippen LogP contribution is 2.26. The van der Waals surface area contributed by atoms with Crippen molar-refractivity contribution in [1.29, 1.82) is 0 Å². The van der Waals surface area contributed by atoms with Crippen LogP contribution in [0.25, 0.3) is 0 Å². The van der Waals surface area contributed by atoms with E-state index in [0.717, 1.165) is 5.56 Å². The summed E-state index contributed by atoms with van der Waals surface area (Å²) in [6.07, 6.45) is 0.304. The Balaban J connectivity index is 2.41. The molecule has 7 nitrogen and oxygen atoms in total. The van der Waals surface area contributed by atoms with E-state index in [9.17, 15) is 13.2 Å². The molecule has 2 rings (SSSR count). The molecule has 0 atom stereocenters. The molecule has 0 radical (unpaired) electrons. The summed E-state index contributed by atoms with van der Waals surface area (Å²) in [5.41, 5.74) is 7.82. The van der Waals surface area contributed by atoms with E-state index < -0.39 is 22.5 Å². The number of nitrogens with one attached hydrogen (secondary N) is 1. The van der Waals surface area contributed by atoms with Gasteiger partial charge < -0.3 is 15.2 Å². The molecular formula is C17H20N2O5S. The molecule has 8 heteroatoms. The van der Waals surface area contributed by atoms with Gasteiger partial charge in [0.25, 0.3) is 0 Å². The van der Waals surface area contributed by atoms with Gasteiger partial charge >= 0.3 is 5.97 Å². The van der Waals surface area contributed by atoms with Gasteiger partial charge in [-0.3, -0.25) is 4.79 Å². The third kappa shape index (κ3) is 4.71. The van der Waals surface area contributed by atoms with E-state index in [2.05, 4.69) is 9.46 Å². The molecule has 0 fully saturated rings. The van der Waals surface area contributed by atoms with E-state index in [1.807, 2.05) is 12.1 Å². The zero-order valence-corrected chi connectivity index (χ0v) is 14.8. The third-order valence-electron chi connectivity index (χ3n) is 3.63. The molecule has 0 aliphatic carbocycles. The first-order valence-corrected chi connectivity index (χ1v) is 8.92. The quantitative estimate of drug-likeness (QED) is 0.567. The lowest BCUT2D eigenvalue weighted by Gasteiger charge is -2.14. The predicted molar refractivity (Wildman–Crippen MR) is 93.9 cm³/mol. The van der Waals surface area contributed by atoms with Crippen molar-refractivity contribution in [2.45, 2.75) is 11.3 Å². The van der Waals surface area contributed by atoms with Crippen molar-refractivity contribution in [2.24, 2.45) is 0 Å². The summed E-state index contributed by atoms with van der Waals surface area (Å²) in [5.74, 6) is -0.151. The van der Waals surface area contributed by atoms with Gasteiger partial charge in [-0.15, -0.1) is 0 Å². The molecule has 0 aliphatic rings. The second kappa shape index (κ2) is 8.00. The Hall–Kier alpha value is -2.58. The number of esters is 1. The van der Waals surface area contributed by atoms with Gasteiger partial charge in [-0.05, 0) is 35.4 Å². The summed E-state index contributed by atoms with van der Waals surface area (Å²) < 4.78 is 37.0. The van der Waals surface area contributed by atoms with Crippen LogP contribution in [0.5, 0.6) is 5.75 Å². The molecular weight excluding hydrogens is 344 g/mol. The lowest BCUT2D eigenvalue weighted by atomic mass is 10.0. The highest BCUT2D eigenvalue weighted by molar-refractivity contribution is 7.89. The summed E-state index contributed by atoms with van der Waals surface area (Å²) in [6, 6.07) is 11.8. The summed E-state index contributed by atoms with van der Waals surface area (Å²) in [5, 5.41) is 0. The predicted octanol–water partition coefficient (Wildman–Crippen LogP) is 1.32. The van der Waals surface area contributed by atoms with Gasteiger partial charge in [-0.25, -0.2) is 8.42 Å². The van der Waals surface area contributed by atoms with Gasteiger partial charge in [-0.1, -0.05) is 18.2 Å². The van der Waals surface area contributed by atoms with E-state index in [1.165, 1.54) is 20.3 Å². The van der Waals surface area contributed by atoms with Crippen molar-refractivity contribution in [3.05, 3.63) is 53.6 Å². The van der Waals surface area contributed by atoms with Crippen LogP contribution in [-0.4, -0.2) is 35.2 Å². The van der Waals surface area contributed by atoms with Gasteiger partial charge in [0.2, 0.25) is 10.0 Å². The molecule has 0 bridgehead atoms. The molecule has 25 heavy (non-hydrogen) atoms. The molecule has 134 valence electrons. The molecule has 0 spiro atoms. The first kappa shape index (κ1) is 18.8. The van der Waals surface area contributed by atoms with E-state index in [0.29, 0.717) is 23.4 Å². The van der Waals surface area contributed by atoms with Crippen molar-refractivity contribution >= 4 is 21.7 Å². The zero-order valence-electron chi connectivity index (χ0n) is 14.0. The summed E-state index contributed by atoms with van der Waals surface area (Å²) in [6.45, 7) is -0.447. The van der Waals surface area contributed by atoms with E-state index >= 15 is 0 Å². The third-order valence-corrected chi connectivity index (χ3v) is 5.13. The van der Waals surface area contributed by atoms with Crippen LogP contribution < -0.4 is 15.2 Å². The Morgan fingerprint density at radius 3 is 2.48 bits per heavy atom. The fourth-order valence-corrected chi connectivity index (χ4v) is 3.47. The highest BCUT2D eigenvalue weighted by atomic mass is 32.2. The Morgan fingerprint density at radius 2 is 1.84 bits per heavy atom. The van der Waals surface area contributed by atoms with Gasteiger partial charge in [0.05, 0.1) is 19.1 Å². The van der Waals surface area contributed by atoms with Crippen molar-refractivity contribution in [3.63, 3.8) is 0 Å². The number of ether oxygens (including phenoxy) is 2. The molecule has 2 aromatic carbocycles. The van der Waals surface area contributed by atoms with Gasteiger partial charge in [0.15, 0.2) is 0 Å². The van der Waals surface area contributed by atoms with Crippen LogP contribution in [0.4, 0.5) is 5.69 Å². The minimum Gasteiger partial charge on any atom is -0.497 e. The SMILES string of the molecule is COC(=O)CNS(=O)(=O)c1ccc(OC)cc1Cc1ccccc1N. The number of hydrogen-bond donors (Lipinski definition) is 2. The fraction of sp³-hybridized carbons (Fsp3) is 0.235. The van der Waals surface area contributed by atoms with Crippen LogP contribution >= 0.6 is 0 Å². The number of anilines is 1. The summed E-state index contributed by atoms with van der Waals surface area (Å²) >= 11 is 0. The molecule has 2 aromatic rings. The standard InChI is InChI=1S/C17H20N2O5S/c1-23-14-7-8-16(25(21,22)19-11-17(20)24-2)13(10-14)9-12-5-3-4-6-15(12)18/h3-8,10,19H,9,11,18H2,1-2H3. The number of rotatable bonds is 7. The molecule has 0 saturated carbocycles. The van der Waals surface area contributed by atoms with Crippen LogP contribution in [0.3, 0.4) is 0 Å². The Kier molecular flexibility index (Phi) is 6.00. The number of methoxy groups -OCH3 is 2. The average molecular weight is 364 g/mol. The van der Waals surface area contributed by atoms with Gasteiger partial charge in [0.1, 0.15) is 12.3 Å². The van der Waals surface area contributed by atoms with Gasteiger partial charge in [0, 0.05) is 12.1 Å². The number of para-hydroxylation sites is 1.